The number of hydrogen-bond donors (Lipinski definition) is 2. The summed E-state index contributed by atoms with van der Waals surface area (Å²) in [4.78, 5) is 12.0. The van der Waals surface area contributed by atoms with Crippen molar-refractivity contribution < 1.29 is 9.53 Å². The summed E-state index contributed by atoms with van der Waals surface area (Å²) in [5.41, 5.74) is 2.52. The zero-order valence-electron chi connectivity index (χ0n) is 15.0. The number of benzene rings is 2. The molecule has 0 heterocycles. The molecule has 0 aliphatic heterocycles. The SMILES string of the molecule is O=C(NCc1cccc(OCC2CC3(CCC3)C2)c1)Nc1ccccc1. The van der Waals surface area contributed by atoms with Gasteiger partial charge >= 0.3 is 6.03 Å². The van der Waals surface area contributed by atoms with Crippen molar-refractivity contribution >= 4 is 11.7 Å². The van der Waals surface area contributed by atoms with Gasteiger partial charge < -0.3 is 15.4 Å². The van der Waals surface area contributed by atoms with Crippen LogP contribution in [0.2, 0.25) is 0 Å². The van der Waals surface area contributed by atoms with Gasteiger partial charge in [-0.2, -0.15) is 0 Å². The Morgan fingerprint density at radius 3 is 2.62 bits per heavy atom. The van der Waals surface area contributed by atoms with Gasteiger partial charge in [0, 0.05) is 12.2 Å². The minimum absolute atomic E-state index is 0.206. The van der Waals surface area contributed by atoms with E-state index in [1.807, 2.05) is 54.6 Å². The normalized spacial score (nSPS) is 17.8. The second-order valence-electron chi connectivity index (χ2n) is 7.76. The average molecular weight is 350 g/mol. The largest absolute Gasteiger partial charge is 0.493 e. The number of carbonyl (C=O) groups excluding carboxylic acids is 1. The summed E-state index contributed by atoms with van der Waals surface area (Å²) in [5.74, 6) is 1.61. The summed E-state index contributed by atoms with van der Waals surface area (Å²) in [6, 6.07) is 17.2. The van der Waals surface area contributed by atoms with Gasteiger partial charge in [0.1, 0.15) is 5.75 Å². The quantitative estimate of drug-likeness (QED) is 0.773. The third-order valence-electron chi connectivity index (χ3n) is 5.73. The lowest BCUT2D eigenvalue weighted by molar-refractivity contribution is -0.0416. The number of anilines is 1. The highest BCUT2D eigenvalue weighted by atomic mass is 16.5. The fourth-order valence-corrected chi connectivity index (χ4v) is 4.21. The Hall–Kier alpha value is -2.49. The van der Waals surface area contributed by atoms with Gasteiger partial charge in [-0.1, -0.05) is 36.8 Å². The van der Waals surface area contributed by atoms with Crippen molar-refractivity contribution in [2.24, 2.45) is 11.3 Å². The molecule has 2 saturated carbocycles. The zero-order chi connectivity index (χ0) is 17.8. The molecule has 4 rings (SSSR count). The van der Waals surface area contributed by atoms with E-state index in [2.05, 4.69) is 10.6 Å². The van der Waals surface area contributed by atoms with Gasteiger partial charge in [0.2, 0.25) is 0 Å². The van der Waals surface area contributed by atoms with Gasteiger partial charge in [-0.15, -0.1) is 0 Å². The molecule has 0 bridgehead atoms. The van der Waals surface area contributed by atoms with Crippen molar-refractivity contribution in [3.8, 4) is 5.75 Å². The fraction of sp³-hybridized carbons (Fsp3) is 0.409. The standard InChI is InChI=1S/C22H26N2O2/c25-21(24-19-7-2-1-3-8-19)23-15-17-6-4-9-20(12-17)26-16-18-13-22(14-18)10-5-11-22/h1-4,6-9,12,18H,5,10-11,13-16H2,(H2,23,24,25). The molecular formula is C22H26N2O2. The maximum absolute atomic E-state index is 12.0. The van der Waals surface area contributed by atoms with Crippen LogP contribution in [0.15, 0.2) is 54.6 Å². The van der Waals surface area contributed by atoms with E-state index in [-0.39, 0.29) is 6.03 Å². The van der Waals surface area contributed by atoms with Crippen LogP contribution in [0, 0.1) is 11.3 Å². The number of amides is 2. The molecule has 2 aromatic carbocycles. The first-order valence-corrected chi connectivity index (χ1v) is 9.53. The molecule has 2 aliphatic carbocycles. The van der Waals surface area contributed by atoms with E-state index in [0.717, 1.165) is 23.6 Å². The third-order valence-corrected chi connectivity index (χ3v) is 5.73. The summed E-state index contributed by atoms with van der Waals surface area (Å²) < 4.78 is 5.99. The average Bonchev–Trinajstić information content (AvgIpc) is 2.59. The first kappa shape index (κ1) is 17.0. The Bertz CT molecular complexity index is 748. The molecule has 2 aromatic rings. The summed E-state index contributed by atoms with van der Waals surface area (Å²) in [6.07, 6.45) is 6.95. The maximum Gasteiger partial charge on any atom is 0.319 e. The molecule has 0 radical (unpaired) electrons. The van der Waals surface area contributed by atoms with E-state index >= 15 is 0 Å². The van der Waals surface area contributed by atoms with Crippen LogP contribution in [0.3, 0.4) is 0 Å². The number of urea groups is 1. The number of carbonyl (C=O) groups is 1. The van der Waals surface area contributed by atoms with E-state index < -0.39 is 0 Å². The van der Waals surface area contributed by atoms with Crippen LogP contribution in [0.25, 0.3) is 0 Å². The van der Waals surface area contributed by atoms with Gasteiger partial charge in [-0.25, -0.2) is 4.79 Å². The zero-order valence-corrected chi connectivity index (χ0v) is 15.0. The fourth-order valence-electron chi connectivity index (χ4n) is 4.21. The number of ether oxygens (including phenoxy) is 1. The molecule has 0 atom stereocenters. The van der Waals surface area contributed by atoms with Crippen molar-refractivity contribution in [2.45, 2.75) is 38.6 Å². The molecule has 2 aliphatic rings. The number of para-hydroxylation sites is 1. The predicted molar refractivity (Wildman–Crippen MR) is 103 cm³/mol. The molecule has 2 N–H and O–H groups in total. The van der Waals surface area contributed by atoms with E-state index in [4.69, 9.17) is 4.74 Å². The molecular weight excluding hydrogens is 324 g/mol. The van der Waals surface area contributed by atoms with E-state index in [9.17, 15) is 4.79 Å². The van der Waals surface area contributed by atoms with Crippen LogP contribution in [0.5, 0.6) is 5.75 Å². The lowest BCUT2D eigenvalue weighted by Crippen LogP contribution is -2.44. The molecule has 0 unspecified atom stereocenters. The van der Waals surface area contributed by atoms with E-state index in [0.29, 0.717) is 17.9 Å². The Balaban J connectivity index is 1.21. The third kappa shape index (κ3) is 4.01. The Labute approximate surface area is 155 Å². The minimum atomic E-state index is -0.206. The van der Waals surface area contributed by atoms with Crippen molar-refractivity contribution in [3.05, 3.63) is 60.2 Å². The van der Waals surface area contributed by atoms with Crippen molar-refractivity contribution in [1.29, 1.82) is 0 Å². The highest BCUT2D eigenvalue weighted by Crippen LogP contribution is 2.58. The van der Waals surface area contributed by atoms with Gasteiger partial charge in [0.25, 0.3) is 0 Å². The number of hydrogen-bond acceptors (Lipinski definition) is 2. The van der Waals surface area contributed by atoms with Gasteiger partial charge in [0.05, 0.1) is 6.61 Å². The summed E-state index contributed by atoms with van der Waals surface area (Å²) in [6.45, 7) is 1.29. The first-order valence-electron chi connectivity index (χ1n) is 9.53. The lowest BCUT2D eigenvalue weighted by Gasteiger charge is -2.54. The minimum Gasteiger partial charge on any atom is -0.493 e. The van der Waals surface area contributed by atoms with Crippen molar-refractivity contribution in [1.82, 2.24) is 5.32 Å². The van der Waals surface area contributed by atoms with Crippen molar-refractivity contribution in [3.63, 3.8) is 0 Å². The van der Waals surface area contributed by atoms with Crippen LogP contribution < -0.4 is 15.4 Å². The number of rotatable bonds is 6. The van der Waals surface area contributed by atoms with Gasteiger partial charge in [0.15, 0.2) is 0 Å². The van der Waals surface area contributed by atoms with Crippen LogP contribution in [-0.4, -0.2) is 12.6 Å². The van der Waals surface area contributed by atoms with Gasteiger partial charge in [-0.3, -0.25) is 0 Å². The smallest absolute Gasteiger partial charge is 0.319 e. The molecule has 4 nitrogen and oxygen atoms in total. The molecule has 26 heavy (non-hydrogen) atoms. The topological polar surface area (TPSA) is 50.4 Å². The number of nitrogens with one attached hydrogen (secondary N) is 2. The molecule has 4 heteroatoms. The maximum atomic E-state index is 12.0. The highest BCUT2D eigenvalue weighted by molar-refractivity contribution is 5.89. The van der Waals surface area contributed by atoms with Gasteiger partial charge in [-0.05, 0) is 66.8 Å². The summed E-state index contributed by atoms with van der Waals surface area (Å²) in [7, 11) is 0. The van der Waals surface area contributed by atoms with Crippen LogP contribution in [0.1, 0.15) is 37.7 Å². The van der Waals surface area contributed by atoms with Crippen molar-refractivity contribution in [2.75, 3.05) is 11.9 Å². The highest BCUT2D eigenvalue weighted by Gasteiger charge is 2.48. The second-order valence-corrected chi connectivity index (χ2v) is 7.76. The van der Waals surface area contributed by atoms with E-state index in [1.165, 1.54) is 32.1 Å². The van der Waals surface area contributed by atoms with E-state index in [1.54, 1.807) is 0 Å². The van der Waals surface area contributed by atoms with Crippen LogP contribution in [-0.2, 0) is 6.54 Å². The molecule has 0 aromatic heterocycles. The monoisotopic (exact) mass is 350 g/mol. The Kier molecular flexibility index (Phi) is 4.83. The van der Waals surface area contributed by atoms with Crippen LogP contribution in [0.4, 0.5) is 10.5 Å². The molecule has 0 saturated heterocycles. The molecule has 1 spiro atoms. The Morgan fingerprint density at radius 2 is 1.88 bits per heavy atom. The molecule has 2 amide bonds. The predicted octanol–water partition coefficient (Wildman–Crippen LogP) is 4.97. The summed E-state index contributed by atoms with van der Waals surface area (Å²) in [5, 5.41) is 5.70. The van der Waals surface area contributed by atoms with Crippen LogP contribution >= 0.6 is 0 Å². The summed E-state index contributed by atoms with van der Waals surface area (Å²) >= 11 is 0. The molecule has 2 fully saturated rings. The molecule has 136 valence electrons. The second kappa shape index (κ2) is 7.40. The first-order chi connectivity index (χ1) is 12.7. The lowest BCUT2D eigenvalue weighted by atomic mass is 9.52. The Morgan fingerprint density at radius 1 is 1.08 bits per heavy atom.